The summed E-state index contributed by atoms with van der Waals surface area (Å²) in [6, 6.07) is 11.6. The number of halogens is 1. The number of anilines is 2. The molecule has 2 heterocycles. The van der Waals surface area contributed by atoms with Crippen LogP contribution in [0.15, 0.2) is 48.9 Å². The summed E-state index contributed by atoms with van der Waals surface area (Å²) < 4.78 is 10.8. The molecule has 0 bridgehead atoms. The monoisotopic (exact) mass is 418 g/mol. The summed E-state index contributed by atoms with van der Waals surface area (Å²) in [5, 5.41) is 14.7. The number of fused-ring (bicyclic) bond motifs is 1. The van der Waals surface area contributed by atoms with Crippen molar-refractivity contribution >= 4 is 33.9 Å². The molecule has 4 aromatic rings. The highest BCUT2D eigenvalue weighted by Gasteiger charge is 2.16. The summed E-state index contributed by atoms with van der Waals surface area (Å²) in [5.74, 6) is 1.22. The van der Waals surface area contributed by atoms with Gasteiger partial charge in [0.05, 0.1) is 36.0 Å². The van der Waals surface area contributed by atoms with E-state index >= 15 is 0 Å². The number of nitrogens with one attached hydrogen (secondary N) is 2. The number of benzene rings is 2. The molecule has 30 heavy (non-hydrogen) atoms. The fourth-order valence-corrected chi connectivity index (χ4v) is 3.76. The van der Waals surface area contributed by atoms with Crippen LogP contribution < -0.4 is 14.8 Å². The van der Waals surface area contributed by atoms with Crippen molar-refractivity contribution in [3.63, 3.8) is 0 Å². The lowest BCUT2D eigenvalue weighted by molar-refractivity contribution is 0.355. The van der Waals surface area contributed by atoms with Crippen LogP contribution in [0.2, 0.25) is 5.02 Å². The molecule has 0 saturated carbocycles. The van der Waals surface area contributed by atoms with Gasteiger partial charge in [-0.3, -0.25) is 4.98 Å². The SMILES string of the molecule is COc1ccc(-c2cncc(C#N)c2Nc2cc(Cl)c3[nH]ccc3c2C)cc1OC. The van der Waals surface area contributed by atoms with Gasteiger partial charge in [0.25, 0.3) is 0 Å². The van der Waals surface area contributed by atoms with Crippen LogP contribution in [0, 0.1) is 18.3 Å². The van der Waals surface area contributed by atoms with E-state index in [1.54, 1.807) is 26.6 Å². The maximum absolute atomic E-state index is 9.71. The van der Waals surface area contributed by atoms with Crippen LogP contribution in [-0.4, -0.2) is 24.2 Å². The molecule has 2 N–H and O–H groups in total. The summed E-state index contributed by atoms with van der Waals surface area (Å²) >= 11 is 6.47. The molecule has 0 unspecified atom stereocenters. The van der Waals surface area contributed by atoms with Gasteiger partial charge in [0, 0.05) is 35.2 Å². The molecule has 4 rings (SSSR count). The second-order valence-electron chi connectivity index (χ2n) is 6.71. The number of hydrogen-bond donors (Lipinski definition) is 2. The second-order valence-corrected chi connectivity index (χ2v) is 7.12. The van der Waals surface area contributed by atoms with Crippen molar-refractivity contribution in [2.75, 3.05) is 19.5 Å². The molecule has 0 saturated heterocycles. The van der Waals surface area contributed by atoms with Gasteiger partial charge >= 0.3 is 0 Å². The lowest BCUT2D eigenvalue weighted by Gasteiger charge is -2.17. The van der Waals surface area contributed by atoms with Crippen LogP contribution in [0.5, 0.6) is 11.5 Å². The van der Waals surface area contributed by atoms with Crippen molar-refractivity contribution in [3.8, 4) is 28.7 Å². The van der Waals surface area contributed by atoms with Crippen LogP contribution in [0.4, 0.5) is 11.4 Å². The van der Waals surface area contributed by atoms with Crippen LogP contribution >= 0.6 is 11.6 Å². The van der Waals surface area contributed by atoms with Crippen LogP contribution in [0.1, 0.15) is 11.1 Å². The number of nitriles is 1. The van der Waals surface area contributed by atoms with Gasteiger partial charge in [0.15, 0.2) is 11.5 Å². The quantitative estimate of drug-likeness (QED) is 0.426. The zero-order valence-electron chi connectivity index (χ0n) is 16.7. The van der Waals surface area contributed by atoms with Crippen molar-refractivity contribution < 1.29 is 9.47 Å². The molecule has 0 radical (unpaired) electrons. The summed E-state index contributed by atoms with van der Waals surface area (Å²) in [7, 11) is 3.17. The highest BCUT2D eigenvalue weighted by molar-refractivity contribution is 6.35. The van der Waals surface area contributed by atoms with Gasteiger partial charge in [0.2, 0.25) is 0 Å². The first-order valence-corrected chi connectivity index (χ1v) is 9.59. The molecule has 0 aliphatic rings. The van der Waals surface area contributed by atoms with E-state index in [0.717, 1.165) is 33.3 Å². The Hall–Kier alpha value is -3.69. The number of H-pyrrole nitrogens is 1. The number of aromatic nitrogens is 2. The molecule has 150 valence electrons. The molecule has 6 nitrogen and oxygen atoms in total. The summed E-state index contributed by atoms with van der Waals surface area (Å²) in [5.41, 5.74) is 5.40. The predicted octanol–water partition coefficient (Wildman–Crippen LogP) is 5.82. The van der Waals surface area contributed by atoms with E-state index in [-0.39, 0.29) is 0 Å². The van der Waals surface area contributed by atoms with E-state index in [1.807, 2.05) is 43.5 Å². The molecule has 0 atom stereocenters. The third kappa shape index (κ3) is 3.30. The van der Waals surface area contributed by atoms with Crippen molar-refractivity contribution in [2.45, 2.75) is 6.92 Å². The maximum Gasteiger partial charge on any atom is 0.161 e. The van der Waals surface area contributed by atoms with Gasteiger partial charge in [-0.2, -0.15) is 5.26 Å². The Kier molecular flexibility index (Phi) is 5.21. The number of aromatic amines is 1. The van der Waals surface area contributed by atoms with Gasteiger partial charge in [-0.25, -0.2) is 0 Å². The van der Waals surface area contributed by atoms with E-state index in [4.69, 9.17) is 21.1 Å². The molecule has 2 aromatic carbocycles. The Balaban J connectivity index is 1.88. The Morgan fingerprint density at radius 2 is 1.90 bits per heavy atom. The molecule has 0 aliphatic heterocycles. The van der Waals surface area contributed by atoms with Crippen LogP contribution in [-0.2, 0) is 0 Å². The first-order valence-electron chi connectivity index (χ1n) is 9.21. The average Bonchev–Trinajstić information content (AvgIpc) is 3.28. The highest BCUT2D eigenvalue weighted by Crippen LogP contribution is 2.39. The van der Waals surface area contributed by atoms with E-state index in [2.05, 4.69) is 21.4 Å². The highest BCUT2D eigenvalue weighted by atomic mass is 35.5. The summed E-state index contributed by atoms with van der Waals surface area (Å²) in [4.78, 5) is 7.40. The number of rotatable bonds is 5. The van der Waals surface area contributed by atoms with Crippen molar-refractivity contribution in [1.82, 2.24) is 9.97 Å². The summed E-state index contributed by atoms with van der Waals surface area (Å²) in [6.45, 7) is 2.01. The molecule has 0 aliphatic carbocycles. The number of pyridine rings is 1. The Morgan fingerprint density at radius 1 is 1.10 bits per heavy atom. The number of ether oxygens (including phenoxy) is 2. The standard InChI is InChI=1S/C23H19ClN4O2/c1-13-16-6-7-27-23(16)18(24)9-19(13)28-22-15(10-25)11-26-12-17(22)14-4-5-20(29-2)21(8-14)30-3/h4-9,11-12,27H,1-3H3,(H,26,28). The van der Waals surface area contributed by atoms with Gasteiger partial charge < -0.3 is 19.8 Å². The van der Waals surface area contributed by atoms with E-state index in [1.165, 1.54) is 0 Å². The van der Waals surface area contributed by atoms with Crippen LogP contribution in [0.25, 0.3) is 22.0 Å². The second kappa shape index (κ2) is 7.97. The number of methoxy groups -OCH3 is 2. The largest absolute Gasteiger partial charge is 0.493 e. The molecule has 2 aromatic heterocycles. The smallest absolute Gasteiger partial charge is 0.161 e. The van der Waals surface area contributed by atoms with Gasteiger partial charge in [-0.1, -0.05) is 17.7 Å². The predicted molar refractivity (Wildman–Crippen MR) is 119 cm³/mol. The van der Waals surface area contributed by atoms with Gasteiger partial charge in [-0.05, 0) is 42.3 Å². The van der Waals surface area contributed by atoms with Crippen molar-refractivity contribution in [2.24, 2.45) is 0 Å². The average molecular weight is 419 g/mol. The number of aryl methyl sites for hydroxylation is 1. The molecular weight excluding hydrogens is 400 g/mol. The fourth-order valence-electron chi connectivity index (χ4n) is 3.50. The molecule has 0 spiro atoms. The molecule has 7 heteroatoms. The summed E-state index contributed by atoms with van der Waals surface area (Å²) in [6.07, 6.45) is 5.12. The topological polar surface area (TPSA) is 83.0 Å². The Morgan fingerprint density at radius 3 is 2.63 bits per heavy atom. The maximum atomic E-state index is 9.71. The minimum absolute atomic E-state index is 0.423. The molecule has 0 fully saturated rings. The third-order valence-corrected chi connectivity index (χ3v) is 5.38. The number of nitrogens with zero attached hydrogens (tertiary/aromatic N) is 2. The third-order valence-electron chi connectivity index (χ3n) is 5.09. The minimum atomic E-state index is 0.423. The number of hydrogen-bond acceptors (Lipinski definition) is 5. The van der Waals surface area contributed by atoms with Crippen molar-refractivity contribution in [3.05, 3.63) is 65.1 Å². The lowest BCUT2D eigenvalue weighted by atomic mass is 10.0. The normalized spacial score (nSPS) is 10.6. The molecule has 0 amide bonds. The van der Waals surface area contributed by atoms with E-state index < -0.39 is 0 Å². The molecular formula is C23H19ClN4O2. The van der Waals surface area contributed by atoms with Gasteiger partial charge in [0.1, 0.15) is 6.07 Å². The van der Waals surface area contributed by atoms with Gasteiger partial charge in [-0.15, -0.1) is 0 Å². The Bertz CT molecular complexity index is 1290. The van der Waals surface area contributed by atoms with Crippen LogP contribution in [0.3, 0.4) is 0 Å². The lowest BCUT2D eigenvalue weighted by Crippen LogP contribution is -2.00. The van der Waals surface area contributed by atoms with Crippen molar-refractivity contribution in [1.29, 1.82) is 5.26 Å². The zero-order valence-corrected chi connectivity index (χ0v) is 17.5. The minimum Gasteiger partial charge on any atom is -0.493 e. The zero-order chi connectivity index (χ0) is 21.3. The van der Waals surface area contributed by atoms with E-state index in [9.17, 15) is 5.26 Å². The Labute approximate surface area is 179 Å². The fraction of sp³-hybridized carbons (Fsp3) is 0.130. The first kappa shape index (κ1) is 19.6. The van der Waals surface area contributed by atoms with E-state index in [0.29, 0.717) is 27.8 Å². The first-order chi connectivity index (χ1) is 14.6.